The van der Waals surface area contributed by atoms with Crippen molar-refractivity contribution in [1.82, 2.24) is 0 Å². The summed E-state index contributed by atoms with van der Waals surface area (Å²) in [6.07, 6.45) is 2.73. The van der Waals surface area contributed by atoms with Crippen LogP contribution in [0.4, 0.5) is 0 Å². The number of esters is 1. The first-order valence-corrected chi connectivity index (χ1v) is 5.92. The highest BCUT2D eigenvalue weighted by molar-refractivity contribution is 5.80. The first kappa shape index (κ1) is 11.4. The number of primary amides is 1. The summed E-state index contributed by atoms with van der Waals surface area (Å²) >= 11 is 0. The van der Waals surface area contributed by atoms with Crippen LogP contribution in [0.1, 0.15) is 39.5 Å². The Kier molecular flexibility index (Phi) is 2.68. The quantitative estimate of drug-likeness (QED) is 0.682. The van der Waals surface area contributed by atoms with Crippen LogP contribution in [0, 0.1) is 17.3 Å². The maximum Gasteiger partial charge on any atom is 0.306 e. The van der Waals surface area contributed by atoms with Crippen LogP contribution in [0.25, 0.3) is 0 Å². The van der Waals surface area contributed by atoms with Crippen LogP contribution in [0.2, 0.25) is 0 Å². The number of nitrogens with two attached hydrogens (primary N) is 1. The van der Waals surface area contributed by atoms with E-state index in [0.717, 1.165) is 12.8 Å². The second-order valence-corrected chi connectivity index (χ2v) is 5.54. The van der Waals surface area contributed by atoms with Gasteiger partial charge in [-0.1, -0.05) is 13.8 Å². The van der Waals surface area contributed by atoms with Crippen molar-refractivity contribution in [2.24, 2.45) is 23.0 Å². The highest BCUT2D eigenvalue weighted by atomic mass is 16.5. The Bertz CT molecular complexity index is 328. The van der Waals surface area contributed by atoms with Gasteiger partial charge in [-0.05, 0) is 31.1 Å². The predicted octanol–water partition coefficient (Wildman–Crippen LogP) is 1.23. The monoisotopic (exact) mass is 225 g/mol. The molecule has 2 fully saturated rings. The van der Waals surface area contributed by atoms with Gasteiger partial charge in [-0.3, -0.25) is 9.59 Å². The van der Waals surface area contributed by atoms with Crippen LogP contribution >= 0.6 is 0 Å². The molecule has 4 atom stereocenters. The van der Waals surface area contributed by atoms with Gasteiger partial charge in [-0.15, -0.1) is 0 Å². The molecule has 1 aliphatic carbocycles. The van der Waals surface area contributed by atoms with Crippen molar-refractivity contribution >= 4 is 11.9 Å². The molecule has 0 spiro atoms. The molecule has 1 aliphatic heterocycles. The zero-order valence-electron chi connectivity index (χ0n) is 9.86. The molecule has 0 bridgehead atoms. The number of hydrogen-bond donors (Lipinski definition) is 1. The van der Waals surface area contributed by atoms with E-state index in [2.05, 4.69) is 6.92 Å². The molecular formula is C12H19NO3. The number of rotatable bonds is 1. The minimum absolute atomic E-state index is 0.109. The maximum atomic E-state index is 11.4. The normalized spacial score (nSPS) is 43.4. The van der Waals surface area contributed by atoms with Gasteiger partial charge in [0, 0.05) is 11.8 Å². The molecule has 16 heavy (non-hydrogen) atoms. The van der Waals surface area contributed by atoms with Gasteiger partial charge in [0.15, 0.2) is 0 Å². The van der Waals surface area contributed by atoms with Crippen LogP contribution in [0.15, 0.2) is 0 Å². The van der Waals surface area contributed by atoms with Crippen molar-refractivity contribution in [2.75, 3.05) is 0 Å². The number of fused-ring (bicyclic) bond motifs is 1. The SMILES string of the molecule is CC1CC(=O)OC2CC(C)(C(N)=O)CCC12. The Hall–Kier alpha value is -1.06. The summed E-state index contributed by atoms with van der Waals surface area (Å²) in [6, 6.07) is 0. The van der Waals surface area contributed by atoms with E-state index in [1.165, 1.54) is 0 Å². The Labute approximate surface area is 95.5 Å². The molecule has 0 radical (unpaired) electrons. The van der Waals surface area contributed by atoms with E-state index in [9.17, 15) is 9.59 Å². The van der Waals surface area contributed by atoms with Gasteiger partial charge in [-0.2, -0.15) is 0 Å². The van der Waals surface area contributed by atoms with Crippen LogP contribution < -0.4 is 5.73 Å². The lowest BCUT2D eigenvalue weighted by Gasteiger charge is -2.44. The molecule has 2 rings (SSSR count). The second-order valence-electron chi connectivity index (χ2n) is 5.54. The summed E-state index contributed by atoms with van der Waals surface area (Å²) in [5.74, 6) is 0.358. The summed E-state index contributed by atoms with van der Waals surface area (Å²) in [5.41, 5.74) is 4.91. The van der Waals surface area contributed by atoms with Gasteiger partial charge in [0.1, 0.15) is 6.10 Å². The lowest BCUT2D eigenvalue weighted by atomic mass is 9.65. The van der Waals surface area contributed by atoms with Crippen molar-refractivity contribution in [1.29, 1.82) is 0 Å². The van der Waals surface area contributed by atoms with E-state index < -0.39 is 5.41 Å². The molecule has 4 unspecified atom stereocenters. The summed E-state index contributed by atoms with van der Waals surface area (Å²) < 4.78 is 5.36. The van der Waals surface area contributed by atoms with Crippen molar-refractivity contribution in [3.05, 3.63) is 0 Å². The number of ether oxygens (including phenoxy) is 1. The Morgan fingerprint density at radius 1 is 1.56 bits per heavy atom. The van der Waals surface area contributed by atoms with Gasteiger partial charge in [0.2, 0.25) is 5.91 Å². The first-order valence-electron chi connectivity index (χ1n) is 5.92. The Balaban J connectivity index is 2.14. The zero-order chi connectivity index (χ0) is 11.9. The van der Waals surface area contributed by atoms with Crippen LogP contribution in [-0.4, -0.2) is 18.0 Å². The van der Waals surface area contributed by atoms with Crippen LogP contribution in [0.5, 0.6) is 0 Å². The Morgan fingerprint density at radius 3 is 2.88 bits per heavy atom. The Morgan fingerprint density at radius 2 is 2.25 bits per heavy atom. The number of amides is 1. The highest BCUT2D eigenvalue weighted by Gasteiger charge is 2.47. The lowest BCUT2D eigenvalue weighted by molar-refractivity contribution is -0.171. The molecule has 2 aliphatic rings. The molecule has 4 heteroatoms. The third-order valence-corrected chi connectivity index (χ3v) is 4.26. The predicted molar refractivity (Wildman–Crippen MR) is 58.3 cm³/mol. The molecule has 0 aromatic rings. The maximum absolute atomic E-state index is 11.4. The largest absolute Gasteiger partial charge is 0.462 e. The van der Waals surface area contributed by atoms with E-state index >= 15 is 0 Å². The van der Waals surface area contributed by atoms with E-state index in [-0.39, 0.29) is 18.0 Å². The minimum atomic E-state index is -0.501. The second kappa shape index (κ2) is 3.75. The third kappa shape index (κ3) is 1.81. The summed E-state index contributed by atoms with van der Waals surface area (Å²) in [4.78, 5) is 22.8. The minimum Gasteiger partial charge on any atom is -0.462 e. The molecule has 4 nitrogen and oxygen atoms in total. The van der Waals surface area contributed by atoms with E-state index in [0.29, 0.717) is 24.7 Å². The number of carbonyl (C=O) groups is 2. The van der Waals surface area contributed by atoms with Crippen LogP contribution in [0.3, 0.4) is 0 Å². The smallest absolute Gasteiger partial charge is 0.306 e. The fourth-order valence-electron chi connectivity index (χ4n) is 3.00. The number of hydrogen-bond acceptors (Lipinski definition) is 3. The van der Waals surface area contributed by atoms with Crippen molar-refractivity contribution in [3.8, 4) is 0 Å². The fraction of sp³-hybridized carbons (Fsp3) is 0.833. The molecule has 1 heterocycles. The van der Waals surface area contributed by atoms with Crippen molar-refractivity contribution < 1.29 is 14.3 Å². The van der Waals surface area contributed by atoms with Gasteiger partial charge in [-0.25, -0.2) is 0 Å². The topological polar surface area (TPSA) is 69.4 Å². The van der Waals surface area contributed by atoms with E-state index in [1.54, 1.807) is 0 Å². The molecule has 90 valence electrons. The average molecular weight is 225 g/mol. The third-order valence-electron chi connectivity index (χ3n) is 4.26. The van der Waals surface area contributed by atoms with Gasteiger partial charge >= 0.3 is 5.97 Å². The molecule has 0 aromatic carbocycles. The van der Waals surface area contributed by atoms with E-state index in [1.807, 2.05) is 6.92 Å². The van der Waals surface area contributed by atoms with Crippen molar-refractivity contribution in [3.63, 3.8) is 0 Å². The molecular weight excluding hydrogens is 206 g/mol. The molecule has 1 saturated carbocycles. The highest BCUT2D eigenvalue weighted by Crippen LogP contribution is 2.45. The van der Waals surface area contributed by atoms with Crippen LogP contribution in [-0.2, 0) is 14.3 Å². The summed E-state index contributed by atoms with van der Waals surface area (Å²) in [6.45, 7) is 3.96. The molecule has 1 amide bonds. The van der Waals surface area contributed by atoms with E-state index in [4.69, 9.17) is 10.5 Å². The average Bonchev–Trinajstić information content (AvgIpc) is 2.16. The molecule has 1 saturated heterocycles. The standard InChI is InChI=1S/C12H19NO3/c1-7-5-10(14)16-9-6-12(2,11(13)15)4-3-8(7)9/h7-9H,3-6H2,1-2H3,(H2,13,15). The summed E-state index contributed by atoms with van der Waals surface area (Å²) in [7, 11) is 0. The van der Waals surface area contributed by atoms with Gasteiger partial charge in [0.05, 0.1) is 0 Å². The summed E-state index contributed by atoms with van der Waals surface area (Å²) in [5, 5.41) is 0. The van der Waals surface area contributed by atoms with Gasteiger partial charge in [0.25, 0.3) is 0 Å². The first-order chi connectivity index (χ1) is 7.42. The number of carbonyl (C=O) groups excluding carboxylic acids is 2. The van der Waals surface area contributed by atoms with Gasteiger partial charge < -0.3 is 10.5 Å². The fourth-order valence-corrected chi connectivity index (χ4v) is 3.00. The molecule has 2 N–H and O–H groups in total. The lowest BCUT2D eigenvalue weighted by Crippen LogP contribution is -2.49. The molecule has 0 aromatic heterocycles. The zero-order valence-corrected chi connectivity index (χ0v) is 9.86. The van der Waals surface area contributed by atoms with Crippen molar-refractivity contribution in [2.45, 2.75) is 45.6 Å².